The van der Waals surface area contributed by atoms with Crippen LogP contribution in [-0.4, -0.2) is 24.8 Å². The lowest BCUT2D eigenvalue weighted by Gasteiger charge is -2.34. The predicted molar refractivity (Wildman–Crippen MR) is 158 cm³/mol. The first-order valence-electron chi connectivity index (χ1n) is 15.6. The smallest absolute Gasteiger partial charge is 0.333 e. The maximum atomic E-state index is 11.8. The standard InChI is InChI=1S/C33H64O3/c1-8-10-11-12-14-18-21-26-33(24-9-2,27-23-28-35-31(34)30(3)4)36-29-22-19-16-13-15-17-20-25-32(5,6)7/h3,8-29H2,1-2,4-7H3. The van der Waals surface area contributed by atoms with Gasteiger partial charge in [-0.05, 0) is 50.9 Å². The fourth-order valence-electron chi connectivity index (χ4n) is 5.06. The van der Waals surface area contributed by atoms with Crippen LogP contribution in [0.15, 0.2) is 12.2 Å². The number of esters is 1. The topological polar surface area (TPSA) is 35.5 Å². The zero-order valence-corrected chi connectivity index (χ0v) is 25.5. The molecule has 0 heterocycles. The van der Waals surface area contributed by atoms with Gasteiger partial charge >= 0.3 is 5.97 Å². The summed E-state index contributed by atoms with van der Waals surface area (Å²) in [6, 6.07) is 0. The van der Waals surface area contributed by atoms with Gasteiger partial charge in [0.1, 0.15) is 0 Å². The van der Waals surface area contributed by atoms with Crippen molar-refractivity contribution >= 4 is 5.97 Å². The number of carbonyl (C=O) groups is 1. The summed E-state index contributed by atoms with van der Waals surface area (Å²) in [7, 11) is 0. The first-order chi connectivity index (χ1) is 17.2. The third kappa shape index (κ3) is 21.3. The molecule has 0 saturated carbocycles. The molecule has 3 heteroatoms. The van der Waals surface area contributed by atoms with E-state index in [0.29, 0.717) is 17.6 Å². The predicted octanol–water partition coefficient (Wildman–Crippen LogP) is 10.7. The molecule has 0 fully saturated rings. The van der Waals surface area contributed by atoms with Crippen molar-refractivity contribution in [1.29, 1.82) is 0 Å². The second kappa shape index (κ2) is 22.2. The van der Waals surface area contributed by atoms with E-state index in [4.69, 9.17) is 9.47 Å². The first kappa shape index (κ1) is 35.2. The minimum atomic E-state index is -0.275. The maximum Gasteiger partial charge on any atom is 0.333 e. The summed E-state index contributed by atoms with van der Waals surface area (Å²) >= 11 is 0. The summed E-state index contributed by atoms with van der Waals surface area (Å²) in [6.07, 6.45) is 25.1. The zero-order chi connectivity index (χ0) is 27.1. The summed E-state index contributed by atoms with van der Waals surface area (Å²) in [5.41, 5.74) is 0.896. The Morgan fingerprint density at radius 1 is 0.611 bits per heavy atom. The van der Waals surface area contributed by atoms with Crippen LogP contribution in [-0.2, 0) is 14.3 Å². The highest BCUT2D eigenvalue weighted by Gasteiger charge is 2.29. The molecule has 0 amide bonds. The number of carbonyl (C=O) groups excluding carboxylic acids is 1. The number of hydrogen-bond donors (Lipinski definition) is 0. The molecule has 214 valence electrons. The van der Waals surface area contributed by atoms with Gasteiger partial charge in [0.15, 0.2) is 0 Å². The molecule has 0 bridgehead atoms. The van der Waals surface area contributed by atoms with Gasteiger partial charge in [0.05, 0.1) is 12.2 Å². The summed E-state index contributed by atoms with van der Waals surface area (Å²) < 4.78 is 12.1. The molecule has 0 aliphatic carbocycles. The average molecular weight is 509 g/mol. The Labute approximate surface area is 226 Å². The molecule has 36 heavy (non-hydrogen) atoms. The van der Waals surface area contributed by atoms with Crippen molar-refractivity contribution in [3.63, 3.8) is 0 Å². The lowest BCUT2D eigenvalue weighted by molar-refractivity contribution is -0.139. The normalized spacial score (nSPS) is 13.5. The van der Waals surface area contributed by atoms with Crippen molar-refractivity contribution in [3.05, 3.63) is 12.2 Å². The molecular formula is C33H64O3. The molecule has 0 rings (SSSR count). The molecule has 0 aromatic rings. The second-order valence-electron chi connectivity index (χ2n) is 12.5. The van der Waals surface area contributed by atoms with Gasteiger partial charge in [-0.2, -0.15) is 0 Å². The lowest BCUT2D eigenvalue weighted by atomic mass is 9.86. The molecule has 1 unspecified atom stereocenters. The lowest BCUT2D eigenvalue weighted by Crippen LogP contribution is -2.34. The third-order valence-corrected chi connectivity index (χ3v) is 7.28. The van der Waals surface area contributed by atoms with Crippen LogP contribution in [0.25, 0.3) is 0 Å². The minimum absolute atomic E-state index is 0.0548. The van der Waals surface area contributed by atoms with Crippen LogP contribution in [0.5, 0.6) is 0 Å². The summed E-state index contributed by atoms with van der Waals surface area (Å²) in [5, 5.41) is 0. The van der Waals surface area contributed by atoms with Gasteiger partial charge in [0.2, 0.25) is 0 Å². The highest BCUT2D eigenvalue weighted by atomic mass is 16.5. The van der Waals surface area contributed by atoms with Crippen LogP contribution in [0.1, 0.15) is 170 Å². The molecule has 0 N–H and O–H groups in total. The van der Waals surface area contributed by atoms with Gasteiger partial charge in [-0.1, -0.05) is 131 Å². The van der Waals surface area contributed by atoms with E-state index in [9.17, 15) is 4.79 Å². The molecule has 0 aromatic carbocycles. The second-order valence-corrected chi connectivity index (χ2v) is 12.5. The molecule has 0 aromatic heterocycles. The Morgan fingerprint density at radius 2 is 1.11 bits per heavy atom. The number of unbranched alkanes of at least 4 members (excludes halogenated alkanes) is 12. The van der Waals surface area contributed by atoms with E-state index in [1.165, 1.54) is 89.9 Å². The highest BCUT2D eigenvalue weighted by molar-refractivity contribution is 5.86. The Balaban J connectivity index is 4.46. The van der Waals surface area contributed by atoms with Crippen LogP contribution >= 0.6 is 0 Å². The van der Waals surface area contributed by atoms with Gasteiger partial charge in [0.25, 0.3) is 0 Å². The van der Waals surface area contributed by atoms with Gasteiger partial charge in [0, 0.05) is 12.2 Å². The van der Waals surface area contributed by atoms with Gasteiger partial charge in [-0.3, -0.25) is 0 Å². The molecular weight excluding hydrogens is 444 g/mol. The molecule has 1 atom stereocenters. The Morgan fingerprint density at radius 3 is 1.64 bits per heavy atom. The Hall–Kier alpha value is -0.830. The highest BCUT2D eigenvalue weighted by Crippen LogP contribution is 2.31. The Kier molecular flexibility index (Phi) is 21.7. The van der Waals surface area contributed by atoms with Crippen LogP contribution in [0.3, 0.4) is 0 Å². The number of hydrogen-bond acceptors (Lipinski definition) is 3. The van der Waals surface area contributed by atoms with Gasteiger partial charge in [-0.25, -0.2) is 4.79 Å². The quantitative estimate of drug-likeness (QED) is 0.0698. The molecule has 0 radical (unpaired) electrons. The van der Waals surface area contributed by atoms with Crippen molar-refractivity contribution in [3.8, 4) is 0 Å². The van der Waals surface area contributed by atoms with E-state index >= 15 is 0 Å². The molecule has 3 nitrogen and oxygen atoms in total. The van der Waals surface area contributed by atoms with E-state index in [1.807, 2.05) is 0 Å². The van der Waals surface area contributed by atoms with Gasteiger partial charge in [-0.15, -0.1) is 0 Å². The number of rotatable bonds is 25. The van der Waals surface area contributed by atoms with Gasteiger partial charge < -0.3 is 9.47 Å². The summed E-state index contributed by atoms with van der Waals surface area (Å²) in [4.78, 5) is 11.8. The fraction of sp³-hybridized carbons (Fsp3) is 0.909. The largest absolute Gasteiger partial charge is 0.462 e. The fourth-order valence-corrected chi connectivity index (χ4v) is 5.06. The van der Waals surface area contributed by atoms with Crippen LogP contribution in [0.2, 0.25) is 0 Å². The maximum absolute atomic E-state index is 11.8. The molecule has 0 saturated heterocycles. The van der Waals surface area contributed by atoms with E-state index in [1.54, 1.807) is 6.92 Å². The van der Waals surface area contributed by atoms with Crippen molar-refractivity contribution < 1.29 is 14.3 Å². The molecule has 0 aliphatic rings. The van der Waals surface area contributed by atoms with Crippen LogP contribution in [0, 0.1) is 5.41 Å². The van der Waals surface area contributed by atoms with Crippen molar-refractivity contribution in [2.45, 2.75) is 176 Å². The molecule has 0 aliphatic heterocycles. The van der Waals surface area contributed by atoms with Crippen molar-refractivity contribution in [1.82, 2.24) is 0 Å². The monoisotopic (exact) mass is 508 g/mol. The average Bonchev–Trinajstić information content (AvgIpc) is 2.81. The Bertz CT molecular complexity index is 534. The zero-order valence-electron chi connectivity index (χ0n) is 25.5. The van der Waals surface area contributed by atoms with E-state index in [2.05, 4.69) is 41.2 Å². The van der Waals surface area contributed by atoms with Crippen LogP contribution < -0.4 is 0 Å². The molecule has 0 spiro atoms. The van der Waals surface area contributed by atoms with Crippen LogP contribution in [0.4, 0.5) is 0 Å². The van der Waals surface area contributed by atoms with E-state index < -0.39 is 0 Å². The third-order valence-electron chi connectivity index (χ3n) is 7.28. The van der Waals surface area contributed by atoms with Crippen molar-refractivity contribution in [2.75, 3.05) is 13.2 Å². The first-order valence-corrected chi connectivity index (χ1v) is 15.6. The van der Waals surface area contributed by atoms with E-state index in [-0.39, 0.29) is 11.6 Å². The minimum Gasteiger partial charge on any atom is -0.462 e. The summed E-state index contributed by atoms with van der Waals surface area (Å²) in [6.45, 7) is 18.3. The van der Waals surface area contributed by atoms with Crippen molar-refractivity contribution in [2.24, 2.45) is 5.41 Å². The van der Waals surface area contributed by atoms with E-state index in [0.717, 1.165) is 45.1 Å². The summed E-state index contributed by atoms with van der Waals surface area (Å²) in [5.74, 6) is -0.275. The SMILES string of the molecule is C=C(C)C(=O)OCCCC(CCC)(CCCCCCCCC)OCCCCCCCCCC(C)(C)C. The number of ether oxygens (including phenoxy) is 2.